The molecule has 3 aromatic rings. The fourth-order valence-electron chi connectivity index (χ4n) is 2.50. The lowest BCUT2D eigenvalue weighted by Gasteiger charge is -2.05. The van der Waals surface area contributed by atoms with Crippen molar-refractivity contribution in [1.29, 1.82) is 0 Å². The maximum Gasteiger partial charge on any atom is -0.00257 e. The van der Waals surface area contributed by atoms with Gasteiger partial charge in [-0.05, 0) is 35.6 Å². The molecule has 0 bridgehead atoms. The second-order valence-electron chi connectivity index (χ2n) is 5.23. The van der Waals surface area contributed by atoms with E-state index in [0.717, 1.165) is 6.42 Å². The highest BCUT2D eigenvalue weighted by molar-refractivity contribution is 5.63. The summed E-state index contributed by atoms with van der Waals surface area (Å²) in [6, 6.07) is 28.1. The van der Waals surface area contributed by atoms with Gasteiger partial charge in [0.2, 0.25) is 0 Å². The molecule has 0 atom stereocenters. The van der Waals surface area contributed by atoms with Crippen LogP contribution in [0.15, 0.2) is 78.9 Å². The van der Waals surface area contributed by atoms with E-state index in [-0.39, 0.29) is 0 Å². The van der Waals surface area contributed by atoms with E-state index in [9.17, 15) is 0 Å². The van der Waals surface area contributed by atoms with Crippen LogP contribution < -0.4 is 0 Å². The summed E-state index contributed by atoms with van der Waals surface area (Å²) in [6.07, 6.45) is 0.997. The number of aryl methyl sites for hydroxylation is 1. The van der Waals surface area contributed by atoms with Gasteiger partial charge in [-0.15, -0.1) is 0 Å². The summed E-state index contributed by atoms with van der Waals surface area (Å²) in [5.41, 5.74) is 6.60. The Balaban J connectivity index is 1.80. The zero-order valence-electron chi connectivity index (χ0n) is 11.7. The lowest BCUT2D eigenvalue weighted by Crippen LogP contribution is -1.89. The zero-order valence-corrected chi connectivity index (χ0v) is 11.7. The molecular weight excluding hydrogens is 240 g/mol. The second kappa shape index (κ2) is 5.75. The van der Waals surface area contributed by atoms with Gasteiger partial charge in [0.15, 0.2) is 0 Å². The first-order valence-corrected chi connectivity index (χ1v) is 7.01. The van der Waals surface area contributed by atoms with Crippen LogP contribution in [0.4, 0.5) is 0 Å². The van der Waals surface area contributed by atoms with Crippen molar-refractivity contribution in [2.24, 2.45) is 0 Å². The van der Waals surface area contributed by atoms with Crippen molar-refractivity contribution in [3.05, 3.63) is 95.6 Å². The first kappa shape index (κ1) is 12.7. The van der Waals surface area contributed by atoms with E-state index in [4.69, 9.17) is 0 Å². The van der Waals surface area contributed by atoms with E-state index in [1.807, 2.05) is 0 Å². The van der Waals surface area contributed by atoms with Crippen LogP contribution in [-0.2, 0) is 6.42 Å². The van der Waals surface area contributed by atoms with E-state index in [1.54, 1.807) is 0 Å². The molecule has 0 N–H and O–H groups in total. The molecule has 0 aromatic heterocycles. The van der Waals surface area contributed by atoms with Gasteiger partial charge in [-0.3, -0.25) is 0 Å². The lowest BCUT2D eigenvalue weighted by atomic mass is 10.00. The Morgan fingerprint density at radius 2 is 1.30 bits per heavy atom. The molecule has 0 saturated carbocycles. The summed E-state index contributed by atoms with van der Waals surface area (Å²) in [7, 11) is 0. The summed E-state index contributed by atoms with van der Waals surface area (Å²) in [5.74, 6) is 0. The number of hydrogen-bond acceptors (Lipinski definition) is 0. The Labute approximate surface area is 120 Å². The average Bonchev–Trinajstić information content (AvgIpc) is 2.49. The molecule has 0 spiro atoms. The summed E-state index contributed by atoms with van der Waals surface area (Å²) >= 11 is 0. The zero-order chi connectivity index (χ0) is 13.8. The van der Waals surface area contributed by atoms with Crippen molar-refractivity contribution in [3.8, 4) is 11.1 Å². The largest absolute Gasteiger partial charge is 0.0622 e. The first-order chi connectivity index (χ1) is 9.81. The predicted octanol–water partition coefficient (Wildman–Crippen LogP) is 5.25. The van der Waals surface area contributed by atoms with Crippen molar-refractivity contribution in [2.75, 3.05) is 0 Å². The van der Waals surface area contributed by atoms with Crippen LogP contribution in [-0.4, -0.2) is 0 Å². The van der Waals surface area contributed by atoms with Crippen molar-refractivity contribution < 1.29 is 0 Å². The highest BCUT2D eigenvalue weighted by Crippen LogP contribution is 2.20. The van der Waals surface area contributed by atoms with Gasteiger partial charge in [0.05, 0.1) is 0 Å². The SMILES string of the molecule is Cc1cccc(Cc2ccc(-c3ccccc3)cc2)c1. The molecule has 0 aliphatic carbocycles. The molecule has 0 saturated heterocycles. The topological polar surface area (TPSA) is 0 Å². The Morgan fingerprint density at radius 1 is 0.600 bits per heavy atom. The quantitative estimate of drug-likeness (QED) is 0.601. The monoisotopic (exact) mass is 258 g/mol. The van der Waals surface area contributed by atoms with Gasteiger partial charge in [-0.25, -0.2) is 0 Å². The number of benzene rings is 3. The van der Waals surface area contributed by atoms with Crippen LogP contribution in [0.2, 0.25) is 0 Å². The molecule has 0 nitrogen and oxygen atoms in total. The molecule has 0 fully saturated rings. The summed E-state index contributed by atoms with van der Waals surface area (Å²) in [6.45, 7) is 2.14. The fraction of sp³-hybridized carbons (Fsp3) is 0.100. The molecule has 3 aromatic carbocycles. The summed E-state index contributed by atoms with van der Waals surface area (Å²) in [4.78, 5) is 0. The highest BCUT2D eigenvalue weighted by atomic mass is 14.0. The molecule has 3 rings (SSSR count). The van der Waals surface area contributed by atoms with Crippen molar-refractivity contribution >= 4 is 0 Å². The van der Waals surface area contributed by atoms with E-state index in [2.05, 4.69) is 85.8 Å². The van der Waals surface area contributed by atoms with Crippen molar-refractivity contribution in [3.63, 3.8) is 0 Å². The standard InChI is InChI=1S/C20H18/c1-16-6-5-7-18(14-16)15-17-10-12-20(13-11-17)19-8-3-2-4-9-19/h2-14H,15H2,1H3. The molecule has 0 heteroatoms. The van der Waals surface area contributed by atoms with Crippen LogP contribution in [0.3, 0.4) is 0 Å². The first-order valence-electron chi connectivity index (χ1n) is 7.01. The maximum absolute atomic E-state index is 2.26. The summed E-state index contributed by atoms with van der Waals surface area (Å²) in [5, 5.41) is 0. The molecule has 98 valence electrons. The van der Waals surface area contributed by atoms with Gasteiger partial charge in [-0.2, -0.15) is 0 Å². The molecule has 0 amide bonds. The third-order valence-electron chi connectivity index (χ3n) is 3.55. The van der Waals surface area contributed by atoms with Gasteiger partial charge < -0.3 is 0 Å². The Morgan fingerprint density at radius 3 is 2.00 bits per heavy atom. The minimum absolute atomic E-state index is 0.997. The third-order valence-corrected chi connectivity index (χ3v) is 3.55. The van der Waals surface area contributed by atoms with E-state index in [0.29, 0.717) is 0 Å². The fourth-order valence-corrected chi connectivity index (χ4v) is 2.50. The average molecular weight is 258 g/mol. The Bertz CT molecular complexity index is 679. The molecular formula is C20H18. The number of hydrogen-bond donors (Lipinski definition) is 0. The van der Waals surface area contributed by atoms with Gasteiger partial charge in [-0.1, -0.05) is 84.4 Å². The van der Waals surface area contributed by atoms with Crippen LogP contribution in [0, 0.1) is 6.92 Å². The van der Waals surface area contributed by atoms with Crippen LogP contribution in [0.1, 0.15) is 16.7 Å². The molecule has 20 heavy (non-hydrogen) atoms. The Hall–Kier alpha value is -2.34. The minimum atomic E-state index is 0.997. The van der Waals surface area contributed by atoms with Crippen LogP contribution >= 0.6 is 0 Å². The lowest BCUT2D eigenvalue weighted by molar-refractivity contribution is 1.18. The van der Waals surface area contributed by atoms with Gasteiger partial charge >= 0.3 is 0 Å². The van der Waals surface area contributed by atoms with E-state index in [1.165, 1.54) is 27.8 Å². The molecule has 0 aliphatic heterocycles. The molecule has 0 radical (unpaired) electrons. The molecule has 0 heterocycles. The normalized spacial score (nSPS) is 10.4. The van der Waals surface area contributed by atoms with Crippen molar-refractivity contribution in [2.45, 2.75) is 13.3 Å². The third kappa shape index (κ3) is 2.97. The van der Waals surface area contributed by atoms with Gasteiger partial charge in [0, 0.05) is 0 Å². The maximum atomic E-state index is 2.26. The molecule has 0 unspecified atom stereocenters. The van der Waals surface area contributed by atoms with Crippen molar-refractivity contribution in [1.82, 2.24) is 0 Å². The van der Waals surface area contributed by atoms with E-state index < -0.39 is 0 Å². The second-order valence-corrected chi connectivity index (χ2v) is 5.23. The Kier molecular flexibility index (Phi) is 3.64. The van der Waals surface area contributed by atoms with E-state index >= 15 is 0 Å². The number of rotatable bonds is 3. The highest BCUT2D eigenvalue weighted by Gasteiger charge is 1.99. The van der Waals surface area contributed by atoms with Gasteiger partial charge in [0.25, 0.3) is 0 Å². The van der Waals surface area contributed by atoms with Crippen LogP contribution in [0.5, 0.6) is 0 Å². The minimum Gasteiger partial charge on any atom is -0.0622 e. The molecule has 0 aliphatic rings. The predicted molar refractivity (Wildman–Crippen MR) is 85.9 cm³/mol. The van der Waals surface area contributed by atoms with Gasteiger partial charge in [0.1, 0.15) is 0 Å². The summed E-state index contributed by atoms with van der Waals surface area (Å²) < 4.78 is 0. The smallest absolute Gasteiger partial charge is 0.00257 e. The van der Waals surface area contributed by atoms with Crippen LogP contribution in [0.25, 0.3) is 11.1 Å².